The van der Waals surface area contributed by atoms with Gasteiger partial charge in [0.1, 0.15) is 11.5 Å². The second-order valence-corrected chi connectivity index (χ2v) is 6.57. The first-order valence-corrected chi connectivity index (χ1v) is 8.83. The molecule has 6 nitrogen and oxygen atoms in total. The van der Waals surface area contributed by atoms with E-state index in [2.05, 4.69) is 10.4 Å². The van der Waals surface area contributed by atoms with E-state index in [1.165, 1.54) is 12.1 Å². The first-order chi connectivity index (χ1) is 13.7. The molecule has 2 aromatic heterocycles. The van der Waals surface area contributed by atoms with Gasteiger partial charge < -0.3 is 9.88 Å². The van der Waals surface area contributed by atoms with E-state index in [4.69, 9.17) is 0 Å². The molecule has 1 unspecified atom stereocenters. The molecule has 0 radical (unpaired) electrons. The summed E-state index contributed by atoms with van der Waals surface area (Å²) in [7, 11) is 0. The predicted molar refractivity (Wildman–Crippen MR) is 97.7 cm³/mol. The fraction of sp³-hybridized carbons (Fsp3) is 0.316. The summed E-state index contributed by atoms with van der Waals surface area (Å²) in [4.78, 5) is 24.1. The highest BCUT2D eigenvalue weighted by molar-refractivity contribution is 5.80. The van der Waals surface area contributed by atoms with Crippen molar-refractivity contribution in [3.05, 3.63) is 64.5 Å². The molecule has 0 aliphatic rings. The highest BCUT2D eigenvalue weighted by Crippen LogP contribution is 2.31. The molecule has 1 aromatic carbocycles. The summed E-state index contributed by atoms with van der Waals surface area (Å²) < 4.78 is 56.8. The summed E-state index contributed by atoms with van der Waals surface area (Å²) in [6.45, 7) is 1.26. The Labute approximate surface area is 162 Å². The Hall–Kier alpha value is -3.17. The maximum absolute atomic E-state index is 14.3. The van der Waals surface area contributed by atoms with E-state index in [-0.39, 0.29) is 36.8 Å². The largest absolute Gasteiger partial charge is 0.431 e. The molecule has 29 heavy (non-hydrogen) atoms. The van der Waals surface area contributed by atoms with Crippen LogP contribution in [0.4, 0.5) is 17.6 Å². The third kappa shape index (κ3) is 4.47. The van der Waals surface area contributed by atoms with Gasteiger partial charge in [-0.25, -0.2) is 4.39 Å². The molecule has 0 saturated heterocycles. The summed E-state index contributed by atoms with van der Waals surface area (Å²) in [5.74, 6) is -1.32. The molecule has 0 spiro atoms. The van der Waals surface area contributed by atoms with Crippen molar-refractivity contribution in [3.63, 3.8) is 0 Å². The van der Waals surface area contributed by atoms with Crippen LogP contribution in [0.15, 0.2) is 47.5 Å². The number of alkyl halides is 3. The molecule has 3 aromatic rings. The third-order valence-electron chi connectivity index (χ3n) is 4.49. The van der Waals surface area contributed by atoms with Crippen molar-refractivity contribution in [3.8, 4) is 0 Å². The standard InChI is InChI=1S/C19H18F4N4O2/c1-12(27-8-3-6-25-27)10-17(29)24-7-9-26-16(19(21,22)23)11-15(28)13-4-2-5-14(20)18(13)26/h2-6,8,11-12H,7,9-10H2,1H3,(H,24,29). The Morgan fingerprint density at radius 3 is 2.69 bits per heavy atom. The van der Waals surface area contributed by atoms with Crippen LogP contribution in [0.1, 0.15) is 25.1 Å². The summed E-state index contributed by atoms with van der Waals surface area (Å²) in [5.41, 5.74) is -2.62. The van der Waals surface area contributed by atoms with Crippen LogP contribution in [0.25, 0.3) is 10.9 Å². The second kappa shape index (κ2) is 8.06. The maximum Gasteiger partial charge on any atom is 0.431 e. The molecule has 0 aliphatic heterocycles. The minimum atomic E-state index is -4.85. The summed E-state index contributed by atoms with van der Waals surface area (Å²) >= 11 is 0. The zero-order valence-electron chi connectivity index (χ0n) is 15.4. The van der Waals surface area contributed by atoms with Crippen LogP contribution >= 0.6 is 0 Å². The SMILES string of the molecule is CC(CC(=O)NCCn1c(C(F)(F)F)cc(=O)c2cccc(F)c21)n1cccn1. The highest BCUT2D eigenvalue weighted by Gasteiger charge is 2.35. The maximum atomic E-state index is 14.3. The van der Waals surface area contributed by atoms with E-state index in [9.17, 15) is 27.2 Å². The quantitative estimate of drug-likeness (QED) is 0.635. The van der Waals surface area contributed by atoms with Crippen molar-refractivity contribution >= 4 is 16.8 Å². The molecular formula is C19H18F4N4O2. The predicted octanol–water partition coefficient (Wildman–Crippen LogP) is 3.12. The lowest BCUT2D eigenvalue weighted by molar-refractivity contribution is -0.143. The molecule has 0 bridgehead atoms. The average molecular weight is 410 g/mol. The van der Waals surface area contributed by atoms with Crippen molar-refractivity contribution < 1.29 is 22.4 Å². The van der Waals surface area contributed by atoms with E-state index >= 15 is 0 Å². The fourth-order valence-corrected chi connectivity index (χ4v) is 3.14. The number of benzene rings is 1. The smallest absolute Gasteiger partial charge is 0.354 e. The van der Waals surface area contributed by atoms with Crippen LogP contribution in [0.5, 0.6) is 0 Å². The van der Waals surface area contributed by atoms with E-state index in [1.54, 1.807) is 30.1 Å². The molecule has 1 amide bonds. The number of para-hydroxylation sites is 1. The van der Waals surface area contributed by atoms with E-state index < -0.39 is 28.6 Å². The van der Waals surface area contributed by atoms with Crippen molar-refractivity contribution in [2.45, 2.75) is 32.1 Å². The third-order valence-corrected chi connectivity index (χ3v) is 4.49. The Bertz CT molecular complexity index is 1070. The zero-order valence-corrected chi connectivity index (χ0v) is 15.4. The molecule has 10 heteroatoms. The van der Waals surface area contributed by atoms with Gasteiger partial charge in [-0.15, -0.1) is 0 Å². The summed E-state index contributed by atoms with van der Waals surface area (Å²) in [6.07, 6.45) is -1.51. The molecule has 3 rings (SSSR count). The van der Waals surface area contributed by atoms with Crippen LogP contribution in [0.2, 0.25) is 0 Å². The first-order valence-electron chi connectivity index (χ1n) is 8.83. The van der Waals surface area contributed by atoms with Crippen molar-refractivity contribution in [1.82, 2.24) is 19.7 Å². The Morgan fingerprint density at radius 2 is 2.03 bits per heavy atom. The normalized spacial score (nSPS) is 12.9. The van der Waals surface area contributed by atoms with E-state index in [0.717, 1.165) is 6.07 Å². The lowest BCUT2D eigenvalue weighted by atomic mass is 10.1. The van der Waals surface area contributed by atoms with Gasteiger partial charge in [0.25, 0.3) is 0 Å². The topological polar surface area (TPSA) is 68.9 Å². The van der Waals surface area contributed by atoms with Crippen molar-refractivity contribution in [2.24, 2.45) is 0 Å². The van der Waals surface area contributed by atoms with Crippen LogP contribution < -0.4 is 10.7 Å². The number of fused-ring (bicyclic) bond motifs is 1. The number of pyridine rings is 1. The fourth-order valence-electron chi connectivity index (χ4n) is 3.14. The van der Waals surface area contributed by atoms with Gasteiger partial charge in [-0.2, -0.15) is 18.3 Å². The zero-order chi connectivity index (χ0) is 21.2. The van der Waals surface area contributed by atoms with Crippen LogP contribution in [-0.4, -0.2) is 26.8 Å². The Kier molecular flexibility index (Phi) is 5.71. The molecule has 0 aliphatic carbocycles. The number of nitrogens with one attached hydrogen (secondary N) is 1. The number of hydrogen-bond acceptors (Lipinski definition) is 3. The van der Waals surface area contributed by atoms with Gasteiger partial charge in [0.15, 0.2) is 5.43 Å². The van der Waals surface area contributed by atoms with Crippen LogP contribution in [0, 0.1) is 5.82 Å². The van der Waals surface area contributed by atoms with Crippen molar-refractivity contribution in [2.75, 3.05) is 6.54 Å². The van der Waals surface area contributed by atoms with Gasteiger partial charge in [0, 0.05) is 43.4 Å². The number of halogens is 4. The molecule has 154 valence electrons. The highest BCUT2D eigenvalue weighted by atomic mass is 19.4. The summed E-state index contributed by atoms with van der Waals surface area (Å²) in [6, 6.07) is 5.44. The number of amides is 1. The monoisotopic (exact) mass is 410 g/mol. The number of hydrogen-bond donors (Lipinski definition) is 1. The van der Waals surface area contributed by atoms with Gasteiger partial charge in [0.05, 0.1) is 11.6 Å². The molecular weight excluding hydrogens is 392 g/mol. The van der Waals surface area contributed by atoms with Gasteiger partial charge in [0.2, 0.25) is 5.91 Å². The van der Waals surface area contributed by atoms with Gasteiger partial charge in [-0.3, -0.25) is 14.3 Å². The van der Waals surface area contributed by atoms with E-state index in [0.29, 0.717) is 10.6 Å². The van der Waals surface area contributed by atoms with E-state index in [1.807, 2.05) is 0 Å². The molecule has 0 saturated carbocycles. The molecule has 2 heterocycles. The number of carbonyl (C=O) groups excluding carboxylic acids is 1. The Balaban J connectivity index is 1.81. The average Bonchev–Trinajstić information content (AvgIpc) is 3.17. The van der Waals surface area contributed by atoms with Gasteiger partial charge >= 0.3 is 6.18 Å². The minimum absolute atomic E-state index is 0.0765. The second-order valence-electron chi connectivity index (χ2n) is 6.57. The molecule has 1 atom stereocenters. The number of rotatable bonds is 6. The summed E-state index contributed by atoms with van der Waals surface area (Å²) in [5, 5.41) is 6.40. The van der Waals surface area contributed by atoms with Crippen LogP contribution in [-0.2, 0) is 17.5 Å². The van der Waals surface area contributed by atoms with Crippen LogP contribution in [0.3, 0.4) is 0 Å². The van der Waals surface area contributed by atoms with Gasteiger partial charge in [-0.1, -0.05) is 6.07 Å². The number of carbonyl (C=O) groups is 1. The first kappa shape index (κ1) is 20.6. The molecule has 0 fully saturated rings. The molecule has 1 N–H and O–H groups in total. The number of nitrogens with zero attached hydrogens (tertiary/aromatic N) is 3. The van der Waals surface area contributed by atoms with Gasteiger partial charge in [-0.05, 0) is 25.1 Å². The lowest BCUT2D eigenvalue weighted by Crippen LogP contribution is -2.31. The number of aromatic nitrogens is 3. The Morgan fingerprint density at radius 1 is 1.28 bits per heavy atom. The van der Waals surface area contributed by atoms with Crippen molar-refractivity contribution in [1.29, 1.82) is 0 Å². The minimum Gasteiger partial charge on any atom is -0.354 e. The lowest BCUT2D eigenvalue weighted by Gasteiger charge is -2.19.